The Labute approximate surface area is 32.9 Å². The molecule has 0 aliphatic carbocycles. The van der Waals surface area contributed by atoms with Crippen LogP contribution in [0.3, 0.4) is 0 Å². The van der Waals surface area contributed by atoms with Crippen LogP contribution < -0.4 is 0 Å². The van der Waals surface area contributed by atoms with Gasteiger partial charge in [-0.25, -0.2) is 0 Å². The third-order valence-electron chi connectivity index (χ3n) is 0.207. The number of halogens is 2. The van der Waals surface area contributed by atoms with Crippen molar-refractivity contribution in [2.45, 2.75) is 6.43 Å². The van der Waals surface area contributed by atoms with Gasteiger partial charge in [0.25, 0.3) is 0 Å². The molecule has 0 unspecified atom stereocenters. The highest BCUT2D eigenvalue weighted by Crippen LogP contribution is 1.88. The van der Waals surface area contributed by atoms with Crippen molar-refractivity contribution >= 4 is 5.90 Å². The number of alkyl halides is 2. The van der Waals surface area contributed by atoms with Crippen LogP contribution in [0.15, 0.2) is 0 Å². The SMILES string of the molecule is N=C(O)C(F)F. The molecule has 0 aromatic carbocycles. The molecule has 4 heteroatoms. The molecule has 0 fully saturated rings. The van der Waals surface area contributed by atoms with E-state index in [-0.39, 0.29) is 0 Å². The van der Waals surface area contributed by atoms with Crippen molar-refractivity contribution in [1.82, 2.24) is 0 Å². The van der Waals surface area contributed by atoms with Gasteiger partial charge in [0, 0.05) is 0 Å². The summed E-state index contributed by atoms with van der Waals surface area (Å²) in [6, 6.07) is 0. The van der Waals surface area contributed by atoms with E-state index in [1.165, 1.54) is 0 Å². The predicted molar refractivity (Wildman–Crippen MR) is 16.4 cm³/mol. The van der Waals surface area contributed by atoms with Crippen LogP contribution in [-0.2, 0) is 0 Å². The summed E-state index contributed by atoms with van der Waals surface area (Å²) in [5.74, 6) is -1.57. The fourth-order valence-corrected chi connectivity index (χ4v) is 0. The molecule has 0 saturated heterocycles. The molecule has 36 valence electrons. The molecule has 0 saturated carbocycles. The van der Waals surface area contributed by atoms with Gasteiger partial charge in [0.2, 0.25) is 5.90 Å². The average Bonchev–Trinajstić information content (AvgIpc) is 1.36. The molecule has 0 aromatic rings. The Morgan fingerprint density at radius 1 is 1.67 bits per heavy atom. The molecule has 0 spiro atoms. The lowest BCUT2D eigenvalue weighted by atomic mass is 10.7. The van der Waals surface area contributed by atoms with Crippen LogP contribution >= 0.6 is 0 Å². The monoisotopic (exact) mass is 95.0 g/mol. The maximum Gasteiger partial charge on any atom is 0.312 e. The van der Waals surface area contributed by atoms with E-state index in [0.29, 0.717) is 0 Å². The normalized spacial score (nSPS) is 9.17. The summed E-state index contributed by atoms with van der Waals surface area (Å²) in [6.45, 7) is 0. The molecule has 0 aliphatic heterocycles. The summed E-state index contributed by atoms with van der Waals surface area (Å²) in [6.07, 6.45) is -3.01. The maximum absolute atomic E-state index is 10.7. The van der Waals surface area contributed by atoms with E-state index < -0.39 is 12.3 Å². The first-order valence-corrected chi connectivity index (χ1v) is 1.20. The summed E-state index contributed by atoms with van der Waals surface area (Å²) in [5.41, 5.74) is 0. The lowest BCUT2D eigenvalue weighted by Crippen LogP contribution is -2.05. The zero-order valence-corrected chi connectivity index (χ0v) is 2.78. The Balaban J connectivity index is 3.26. The topological polar surface area (TPSA) is 44.1 Å². The van der Waals surface area contributed by atoms with E-state index in [1.54, 1.807) is 0 Å². The minimum absolute atomic E-state index is 1.57. The summed E-state index contributed by atoms with van der Waals surface area (Å²) in [7, 11) is 0. The van der Waals surface area contributed by atoms with Crippen molar-refractivity contribution in [2.75, 3.05) is 0 Å². The van der Waals surface area contributed by atoms with Crippen molar-refractivity contribution in [1.29, 1.82) is 5.41 Å². The molecule has 0 atom stereocenters. The van der Waals surface area contributed by atoms with Crippen LogP contribution in [0.25, 0.3) is 0 Å². The van der Waals surface area contributed by atoms with Gasteiger partial charge in [-0.2, -0.15) is 8.78 Å². The van der Waals surface area contributed by atoms with E-state index in [0.717, 1.165) is 0 Å². The fourth-order valence-electron chi connectivity index (χ4n) is 0. The minimum Gasteiger partial charge on any atom is -0.493 e. The summed E-state index contributed by atoms with van der Waals surface area (Å²) >= 11 is 0. The van der Waals surface area contributed by atoms with Gasteiger partial charge in [-0.15, -0.1) is 0 Å². The molecule has 0 amide bonds. The molecule has 0 radical (unpaired) electrons. The van der Waals surface area contributed by atoms with E-state index >= 15 is 0 Å². The van der Waals surface area contributed by atoms with Crippen molar-refractivity contribution < 1.29 is 13.9 Å². The molecule has 0 aliphatic rings. The second-order valence-electron chi connectivity index (χ2n) is 0.686. The summed E-state index contributed by atoms with van der Waals surface area (Å²) < 4.78 is 21.4. The number of nitrogens with one attached hydrogen (secondary N) is 1. The summed E-state index contributed by atoms with van der Waals surface area (Å²) in [5, 5.41) is 13.2. The van der Waals surface area contributed by atoms with Crippen LogP contribution in [0.4, 0.5) is 8.78 Å². The highest BCUT2D eigenvalue weighted by atomic mass is 19.3. The number of aliphatic hydroxyl groups excluding tert-OH is 1. The van der Waals surface area contributed by atoms with E-state index in [9.17, 15) is 8.78 Å². The van der Waals surface area contributed by atoms with E-state index in [2.05, 4.69) is 0 Å². The van der Waals surface area contributed by atoms with E-state index in [1.807, 2.05) is 0 Å². The van der Waals surface area contributed by atoms with Gasteiger partial charge in [0.15, 0.2) is 0 Å². The molecule has 0 heterocycles. The largest absolute Gasteiger partial charge is 0.493 e. The van der Waals surface area contributed by atoms with Gasteiger partial charge in [-0.05, 0) is 0 Å². The average molecular weight is 95.0 g/mol. The standard InChI is InChI=1S/C2H3F2NO/c3-1(4)2(5)6/h1H,(H2,5,6). The highest BCUT2D eigenvalue weighted by molar-refractivity contribution is 5.73. The van der Waals surface area contributed by atoms with Crippen molar-refractivity contribution in [3.63, 3.8) is 0 Å². The third-order valence-corrected chi connectivity index (χ3v) is 0.207. The maximum atomic E-state index is 10.7. The Bertz CT molecular complexity index is 62.6. The molecule has 0 rings (SSSR count). The summed E-state index contributed by atoms with van der Waals surface area (Å²) in [4.78, 5) is 0. The van der Waals surface area contributed by atoms with Gasteiger partial charge >= 0.3 is 6.43 Å². The first-order chi connectivity index (χ1) is 2.64. The smallest absolute Gasteiger partial charge is 0.312 e. The van der Waals surface area contributed by atoms with Gasteiger partial charge in [-0.3, -0.25) is 5.41 Å². The molecule has 6 heavy (non-hydrogen) atoms. The second kappa shape index (κ2) is 1.69. The van der Waals surface area contributed by atoms with Crippen LogP contribution in [0.5, 0.6) is 0 Å². The molecule has 2 N–H and O–H groups in total. The van der Waals surface area contributed by atoms with E-state index in [4.69, 9.17) is 10.5 Å². The van der Waals surface area contributed by atoms with Crippen molar-refractivity contribution in [3.05, 3.63) is 0 Å². The zero-order valence-electron chi connectivity index (χ0n) is 2.78. The molecule has 0 bridgehead atoms. The molecular formula is C2H3F2NO. The van der Waals surface area contributed by atoms with Gasteiger partial charge < -0.3 is 5.11 Å². The van der Waals surface area contributed by atoms with Crippen LogP contribution in [0.1, 0.15) is 0 Å². The fraction of sp³-hybridized carbons (Fsp3) is 0.500. The number of hydrogen-bond acceptors (Lipinski definition) is 1. The lowest BCUT2D eigenvalue weighted by molar-refractivity contribution is 0.196. The molecule has 0 aromatic heterocycles. The molecular weight excluding hydrogens is 92.0 g/mol. The number of rotatable bonds is 1. The first-order valence-electron chi connectivity index (χ1n) is 1.20. The van der Waals surface area contributed by atoms with Crippen LogP contribution in [0.2, 0.25) is 0 Å². The van der Waals surface area contributed by atoms with Crippen LogP contribution in [0, 0.1) is 5.41 Å². The minimum atomic E-state index is -3.01. The Hall–Kier alpha value is -0.670. The Morgan fingerprint density at radius 2 is 1.83 bits per heavy atom. The Kier molecular flexibility index (Phi) is 1.50. The van der Waals surface area contributed by atoms with Gasteiger partial charge in [-0.1, -0.05) is 0 Å². The lowest BCUT2D eigenvalue weighted by Gasteiger charge is -1.85. The third kappa shape index (κ3) is 1.63. The highest BCUT2D eigenvalue weighted by Gasteiger charge is 2.05. The van der Waals surface area contributed by atoms with Gasteiger partial charge in [0.1, 0.15) is 0 Å². The predicted octanol–water partition coefficient (Wildman–Crippen LogP) is 0.787. The first kappa shape index (κ1) is 5.33. The van der Waals surface area contributed by atoms with Crippen molar-refractivity contribution in [2.24, 2.45) is 0 Å². The van der Waals surface area contributed by atoms with Crippen LogP contribution in [-0.4, -0.2) is 17.4 Å². The van der Waals surface area contributed by atoms with Gasteiger partial charge in [0.05, 0.1) is 0 Å². The Morgan fingerprint density at radius 3 is 1.83 bits per heavy atom. The number of aliphatic hydroxyl groups is 1. The zero-order chi connectivity index (χ0) is 5.15. The quantitative estimate of drug-likeness (QED) is 0.367. The van der Waals surface area contributed by atoms with Crippen molar-refractivity contribution in [3.8, 4) is 0 Å². The second-order valence-corrected chi connectivity index (χ2v) is 0.686. The molecule has 2 nitrogen and oxygen atoms in total. The number of hydrogen-bond donors (Lipinski definition) is 2.